The molecule has 0 aromatic heterocycles. The average Bonchev–Trinajstić information content (AvgIpc) is 2.73. The Labute approximate surface area is 168 Å². The highest BCUT2D eigenvalue weighted by molar-refractivity contribution is 5.92. The first kappa shape index (κ1) is 21.9. The second kappa shape index (κ2) is 10.2. The fourth-order valence-corrected chi connectivity index (χ4v) is 3.62. The first-order valence-corrected chi connectivity index (χ1v) is 9.79. The second-order valence-electron chi connectivity index (χ2n) is 7.26. The van der Waals surface area contributed by atoms with Gasteiger partial charge < -0.3 is 20.5 Å². The Morgan fingerprint density at radius 3 is 2.46 bits per heavy atom. The maximum Gasteiger partial charge on any atom is 0.248 e. The van der Waals surface area contributed by atoms with Crippen molar-refractivity contribution in [2.24, 2.45) is 5.73 Å². The van der Waals surface area contributed by atoms with Gasteiger partial charge in [-0.3, -0.25) is 4.79 Å². The van der Waals surface area contributed by atoms with Crippen LogP contribution in [0.4, 0.5) is 0 Å². The number of likely N-dealkylation sites (tertiary alicyclic amines) is 1. The highest BCUT2D eigenvalue weighted by atomic mass is 16.5. The van der Waals surface area contributed by atoms with E-state index >= 15 is 0 Å². The number of piperidine rings is 1. The van der Waals surface area contributed by atoms with Gasteiger partial charge in [-0.25, -0.2) is 0 Å². The molecule has 5 nitrogen and oxygen atoms in total. The van der Waals surface area contributed by atoms with Crippen LogP contribution in [0.3, 0.4) is 0 Å². The zero-order chi connectivity index (χ0) is 20.7. The topological polar surface area (TPSA) is 75.8 Å². The van der Waals surface area contributed by atoms with E-state index in [0.29, 0.717) is 5.56 Å². The average molecular weight is 385 g/mol. The molecule has 3 atom stereocenters. The Hall–Kier alpha value is -2.37. The van der Waals surface area contributed by atoms with E-state index in [1.807, 2.05) is 12.1 Å². The van der Waals surface area contributed by atoms with E-state index in [1.165, 1.54) is 11.1 Å². The van der Waals surface area contributed by atoms with Gasteiger partial charge in [0.25, 0.3) is 0 Å². The van der Waals surface area contributed by atoms with Crippen molar-refractivity contribution in [2.75, 3.05) is 20.7 Å². The summed E-state index contributed by atoms with van der Waals surface area (Å²) in [5.41, 5.74) is 8.11. The number of rotatable bonds is 4. The smallest absolute Gasteiger partial charge is 0.248 e. The number of carbonyl (C=O) groups excluding carboxylic acids is 1. The number of hydrogen-bond donors (Lipinski definition) is 2. The number of ether oxygens (including phenoxy) is 1. The zero-order valence-electron chi connectivity index (χ0n) is 17.3. The van der Waals surface area contributed by atoms with E-state index in [4.69, 9.17) is 10.5 Å². The third-order valence-electron chi connectivity index (χ3n) is 5.59. The van der Waals surface area contributed by atoms with Gasteiger partial charge in [0.05, 0.1) is 13.2 Å². The number of aliphatic hydroxyl groups excluding tert-OH is 1. The van der Waals surface area contributed by atoms with Crippen LogP contribution >= 0.6 is 0 Å². The molecule has 5 heteroatoms. The van der Waals surface area contributed by atoms with Crippen molar-refractivity contribution in [3.63, 3.8) is 0 Å². The molecule has 0 bridgehead atoms. The lowest BCUT2D eigenvalue weighted by Crippen LogP contribution is -2.48. The largest absolute Gasteiger partial charge is 0.497 e. The molecule has 1 aliphatic rings. The van der Waals surface area contributed by atoms with Gasteiger partial charge in [-0.15, -0.1) is 0 Å². The number of amides is 1. The van der Waals surface area contributed by atoms with Crippen molar-refractivity contribution >= 4 is 5.91 Å². The second-order valence-corrected chi connectivity index (χ2v) is 7.26. The Morgan fingerprint density at radius 1 is 1.25 bits per heavy atom. The number of primary amides is 1. The summed E-state index contributed by atoms with van der Waals surface area (Å²) in [6, 6.07) is 15.2. The summed E-state index contributed by atoms with van der Waals surface area (Å²) < 4.78 is 5.34. The fourth-order valence-electron chi connectivity index (χ4n) is 3.62. The minimum Gasteiger partial charge on any atom is -0.497 e. The highest BCUT2D eigenvalue weighted by Gasteiger charge is 2.34. The van der Waals surface area contributed by atoms with E-state index in [9.17, 15) is 9.90 Å². The van der Waals surface area contributed by atoms with E-state index in [-0.39, 0.29) is 24.0 Å². The molecular formula is C23H32N2O3. The Kier molecular flexibility index (Phi) is 8.03. The number of aliphatic hydroxyl groups is 1. The summed E-state index contributed by atoms with van der Waals surface area (Å²) >= 11 is 0. The number of nitrogens with two attached hydrogens (primary N) is 1. The number of carbonyl (C=O) groups is 1. The molecule has 3 N–H and O–H groups in total. The number of nitrogens with zero attached hydrogens (tertiary/aromatic N) is 1. The number of hydrogen-bond acceptors (Lipinski definition) is 4. The zero-order valence-corrected chi connectivity index (χ0v) is 17.3. The van der Waals surface area contributed by atoms with Crippen LogP contribution in [0.15, 0.2) is 48.5 Å². The van der Waals surface area contributed by atoms with Crippen molar-refractivity contribution in [3.05, 3.63) is 65.2 Å². The van der Waals surface area contributed by atoms with E-state index in [2.05, 4.69) is 37.9 Å². The number of aryl methyl sites for hydroxylation is 1. The SMILES string of the molecule is CCc1ccc(OC)cc1[C@@H]1CCN(C)C(C)C1O.NC(=O)c1ccccc1. The monoisotopic (exact) mass is 384 g/mol. The van der Waals surface area contributed by atoms with Crippen molar-refractivity contribution in [1.29, 1.82) is 0 Å². The van der Waals surface area contributed by atoms with Crippen LogP contribution in [0.25, 0.3) is 0 Å². The molecule has 2 aromatic carbocycles. The van der Waals surface area contributed by atoms with Crippen LogP contribution in [-0.2, 0) is 6.42 Å². The summed E-state index contributed by atoms with van der Waals surface area (Å²) in [6.07, 6.45) is 1.69. The van der Waals surface area contributed by atoms with Gasteiger partial charge in [0.1, 0.15) is 5.75 Å². The van der Waals surface area contributed by atoms with Crippen molar-refractivity contribution < 1.29 is 14.6 Å². The van der Waals surface area contributed by atoms with Gasteiger partial charge in [0.2, 0.25) is 5.91 Å². The van der Waals surface area contributed by atoms with Gasteiger partial charge in [0.15, 0.2) is 0 Å². The third-order valence-corrected chi connectivity index (χ3v) is 5.59. The van der Waals surface area contributed by atoms with Gasteiger partial charge in [-0.1, -0.05) is 31.2 Å². The molecule has 2 aromatic rings. The quantitative estimate of drug-likeness (QED) is 0.849. The number of methoxy groups -OCH3 is 1. The molecule has 1 heterocycles. The van der Waals surface area contributed by atoms with E-state index < -0.39 is 0 Å². The van der Waals surface area contributed by atoms with Crippen LogP contribution in [0.5, 0.6) is 5.75 Å². The van der Waals surface area contributed by atoms with Gasteiger partial charge in [-0.2, -0.15) is 0 Å². The molecule has 2 unspecified atom stereocenters. The van der Waals surface area contributed by atoms with Crippen LogP contribution in [0, 0.1) is 0 Å². The lowest BCUT2D eigenvalue weighted by Gasteiger charge is -2.40. The molecule has 0 saturated carbocycles. The van der Waals surface area contributed by atoms with Crippen molar-refractivity contribution in [3.8, 4) is 5.75 Å². The Balaban J connectivity index is 0.000000261. The Morgan fingerprint density at radius 2 is 1.93 bits per heavy atom. The molecule has 1 fully saturated rings. The first-order chi connectivity index (χ1) is 13.4. The summed E-state index contributed by atoms with van der Waals surface area (Å²) in [7, 11) is 3.77. The lowest BCUT2D eigenvalue weighted by atomic mass is 9.81. The summed E-state index contributed by atoms with van der Waals surface area (Å²) in [5.74, 6) is 0.720. The minimum absolute atomic E-state index is 0.203. The molecule has 0 spiro atoms. The summed E-state index contributed by atoms with van der Waals surface area (Å²) in [5, 5.41) is 10.6. The first-order valence-electron chi connectivity index (χ1n) is 9.79. The van der Waals surface area contributed by atoms with Crippen LogP contribution < -0.4 is 10.5 Å². The molecule has 152 valence electrons. The molecule has 0 radical (unpaired) electrons. The van der Waals surface area contributed by atoms with Crippen LogP contribution in [-0.4, -0.2) is 48.8 Å². The molecule has 0 aliphatic carbocycles. The molecule has 1 saturated heterocycles. The van der Waals surface area contributed by atoms with Gasteiger partial charge in [0, 0.05) is 17.5 Å². The molecular weight excluding hydrogens is 352 g/mol. The molecule has 3 rings (SSSR count). The lowest BCUT2D eigenvalue weighted by molar-refractivity contribution is 0.0160. The van der Waals surface area contributed by atoms with Crippen molar-refractivity contribution in [1.82, 2.24) is 4.90 Å². The minimum atomic E-state index is -0.379. The normalized spacial score (nSPS) is 22.1. The molecule has 1 aliphatic heterocycles. The Bertz CT molecular complexity index is 764. The number of likely N-dealkylation sites (N-methyl/N-ethyl adjacent to an activating group) is 1. The predicted octanol–water partition coefficient (Wildman–Crippen LogP) is 3.21. The van der Waals surface area contributed by atoms with Gasteiger partial charge >= 0.3 is 0 Å². The standard InChI is InChI=1S/C16H25NO2.C7H7NO/c1-5-12-6-7-13(19-4)10-15(12)14-8-9-17(3)11(2)16(14)18;8-7(9)6-4-2-1-3-5-6/h6-7,10-11,14,16,18H,5,8-9H2,1-4H3;1-5H,(H2,8,9)/t11?,14-,16?;/m0./s1. The summed E-state index contributed by atoms with van der Waals surface area (Å²) in [4.78, 5) is 12.7. The van der Waals surface area contributed by atoms with Crippen LogP contribution in [0.2, 0.25) is 0 Å². The molecule has 28 heavy (non-hydrogen) atoms. The third kappa shape index (κ3) is 5.33. The van der Waals surface area contributed by atoms with Crippen LogP contribution in [0.1, 0.15) is 47.7 Å². The van der Waals surface area contributed by atoms with Crippen molar-refractivity contribution in [2.45, 2.75) is 44.8 Å². The summed E-state index contributed by atoms with van der Waals surface area (Å²) in [6.45, 7) is 5.29. The molecule has 1 amide bonds. The maximum atomic E-state index is 10.6. The van der Waals surface area contributed by atoms with E-state index in [0.717, 1.165) is 25.1 Å². The van der Waals surface area contributed by atoms with Gasteiger partial charge in [-0.05, 0) is 68.8 Å². The van der Waals surface area contributed by atoms with E-state index in [1.54, 1.807) is 31.4 Å². The fraction of sp³-hybridized carbons (Fsp3) is 0.435. The maximum absolute atomic E-state index is 10.6. The predicted molar refractivity (Wildman–Crippen MR) is 113 cm³/mol. The number of benzene rings is 2. The highest BCUT2D eigenvalue weighted by Crippen LogP contribution is 2.35.